The van der Waals surface area contributed by atoms with Gasteiger partial charge in [-0.2, -0.15) is 13.2 Å². The molecule has 0 amide bonds. The molecule has 0 N–H and O–H groups in total. The fourth-order valence-corrected chi connectivity index (χ4v) is 0.951. The molecule has 0 aromatic heterocycles. The Hall–Kier alpha value is -1.45. The van der Waals surface area contributed by atoms with E-state index in [4.69, 9.17) is 4.74 Å². The van der Waals surface area contributed by atoms with Gasteiger partial charge >= 0.3 is 6.18 Å². The van der Waals surface area contributed by atoms with Crippen LogP contribution in [0.1, 0.15) is 18.9 Å². The zero-order chi connectivity index (χ0) is 11.5. The molecule has 0 radical (unpaired) electrons. The summed E-state index contributed by atoms with van der Waals surface area (Å²) in [6.45, 7) is 5.45. The lowest BCUT2D eigenvalue weighted by Gasteiger charge is -2.09. The lowest BCUT2D eigenvalue weighted by Crippen LogP contribution is -2.04. The molecule has 4 heteroatoms. The number of ether oxygens (including phenoxy) is 1. The molecule has 0 atom stereocenters. The fourth-order valence-electron chi connectivity index (χ4n) is 0.951. The van der Waals surface area contributed by atoms with Gasteiger partial charge in [-0.3, -0.25) is 0 Å². The molecule has 1 rings (SSSR count). The predicted molar refractivity (Wildman–Crippen MR) is 51.5 cm³/mol. The van der Waals surface area contributed by atoms with Gasteiger partial charge < -0.3 is 4.74 Å². The molecule has 0 spiro atoms. The van der Waals surface area contributed by atoms with E-state index in [1.807, 2.05) is 6.92 Å². The summed E-state index contributed by atoms with van der Waals surface area (Å²) >= 11 is 0. The SMILES string of the molecule is C=C(CC)Oc1ccc(C(F)(F)F)cc1. The van der Waals surface area contributed by atoms with Gasteiger partial charge in [-0.05, 0) is 24.3 Å². The number of hydrogen-bond acceptors (Lipinski definition) is 1. The maximum Gasteiger partial charge on any atom is 0.416 e. The lowest BCUT2D eigenvalue weighted by atomic mass is 10.2. The molecule has 0 saturated carbocycles. The van der Waals surface area contributed by atoms with Gasteiger partial charge in [0.05, 0.1) is 11.3 Å². The summed E-state index contributed by atoms with van der Waals surface area (Å²) in [6, 6.07) is 4.53. The van der Waals surface area contributed by atoms with Crippen molar-refractivity contribution in [3.8, 4) is 5.75 Å². The second-order valence-corrected chi connectivity index (χ2v) is 3.02. The first-order chi connectivity index (χ1) is 6.93. The standard InChI is InChI=1S/C11H11F3O/c1-3-8(2)15-10-6-4-9(5-7-10)11(12,13)14/h4-7H,2-3H2,1H3. The van der Waals surface area contributed by atoms with Crippen molar-refractivity contribution in [2.75, 3.05) is 0 Å². The van der Waals surface area contributed by atoms with Gasteiger partial charge in [-0.25, -0.2) is 0 Å². The van der Waals surface area contributed by atoms with Crippen LogP contribution >= 0.6 is 0 Å². The Labute approximate surface area is 86.2 Å². The minimum Gasteiger partial charge on any atom is -0.462 e. The molecular weight excluding hydrogens is 205 g/mol. The van der Waals surface area contributed by atoms with Crippen LogP contribution in [0.2, 0.25) is 0 Å². The summed E-state index contributed by atoms with van der Waals surface area (Å²) in [5, 5.41) is 0. The van der Waals surface area contributed by atoms with Gasteiger partial charge in [0.2, 0.25) is 0 Å². The number of benzene rings is 1. The van der Waals surface area contributed by atoms with Crippen LogP contribution in [0.5, 0.6) is 5.75 Å². The maximum atomic E-state index is 12.2. The largest absolute Gasteiger partial charge is 0.462 e. The van der Waals surface area contributed by atoms with Crippen molar-refractivity contribution in [3.05, 3.63) is 42.2 Å². The van der Waals surface area contributed by atoms with Crippen LogP contribution in [0.4, 0.5) is 13.2 Å². The van der Waals surface area contributed by atoms with E-state index in [1.54, 1.807) is 0 Å². The molecule has 1 nitrogen and oxygen atoms in total. The van der Waals surface area contributed by atoms with Crippen LogP contribution in [0.3, 0.4) is 0 Å². The molecule has 0 saturated heterocycles. The minimum atomic E-state index is -4.31. The first kappa shape index (κ1) is 11.6. The third kappa shape index (κ3) is 3.31. The van der Waals surface area contributed by atoms with Gasteiger partial charge in [0, 0.05) is 6.42 Å². The van der Waals surface area contributed by atoms with Crippen molar-refractivity contribution < 1.29 is 17.9 Å². The van der Waals surface area contributed by atoms with Crippen molar-refractivity contribution in [2.24, 2.45) is 0 Å². The first-order valence-corrected chi connectivity index (χ1v) is 4.46. The average molecular weight is 216 g/mol. The van der Waals surface area contributed by atoms with E-state index in [9.17, 15) is 13.2 Å². The Morgan fingerprint density at radius 3 is 2.20 bits per heavy atom. The topological polar surface area (TPSA) is 9.23 Å². The van der Waals surface area contributed by atoms with Crippen molar-refractivity contribution in [2.45, 2.75) is 19.5 Å². The Bertz CT molecular complexity index is 338. The molecular formula is C11H11F3O. The molecule has 0 fully saturated rings. The smallest absolute Gasteiger partial charge is 0.416 e. The minimum absolute atomic E-state index is 0.370. The quantitative estimate of drug-likeness (QED) is 0.693. The van der Waals surface area contributed by atoms with Gasteiger partial charge in [0.25, 0.3) is 0 Å². The molecule has 0 heterocycles. The Balaban J connectivity index is 2.77. The molecule has 1 aromatic carbocycles. The second kappa shape index (κ2) is 4.38. The fraction of sp³-hybridized carbons (Fsp3) is 0.273. The summed E-state index contributed by atoms with van der Waals surface area (Å²) in [4.78, 5) is 0. The highest BCUT2D eigenvalue weighted by atomic mass is 19.4. The molecule has 15 heavy (non-hydrogen) atoms. The van der Waals surface area contributed by atoms with Crippen LogP contribution in [0.25, 0.3) is 0 Å². The van der Waals surface area contributed by atoms with Gasteiger partial charge in [-0.1, -0.05) is 13.5 Å². The van der Waals surface area contributed by atoms with Crippen LogP contribution in [0, 0.1) is 0 Å². The normalized spacial score (nSPS) is 11.2. The monoisotopic (exact) mass is 216 g/mol. The average Bonchev–Trinajstić information content (AvgIpc) is 2.17. The third-order valence-electron chi connectivity index (χ3n) is 1.84. The van der Waals surface area contributed by atoms with E-state index in [1.165, 1.54) is 12.1 Å². The number of rotatable bonds is 3. The van der Waals surface area contributed by atoms with Crippen molar-refractivity contribution >= 4 is 0 Å². The molecule has 0 aliphatic heterocycles. The van der Waals surface area contributed by atoms with Crippen molar-refractivity contribution in [3.63, 3.8) is 0 Å². The van der Waals surface area contributed by atoms with Crippen LogP contribution < -0.4 is 4.74 Å². The number of halogens is 3. The number of hydrogen-bond donors (Lipinski definition) is 0. The van der Waals surface area contributed by atoms with Gasteiger partial charge in [0.15, 0.2) is 0 Å². The molecule has 0 aliphatic carbocycles. The van der Waals surface area contributed by atoms with Gasteiger partial charge in [-0.15, -0.1) is 0 Å². The summed E-state index contributed by atoms with van der Waals surface area (Å²) in [5.74, 6) is 0.893. The molecule has 0 aliphatic rings. The van der Waals surface area contributed by atoms with E-state index in [2.05, 4.69) is 6.58 Å². The van der Waals surface area contributed by atoms with E-state index in [-0.39, 0.29) is 0 Å². The lowest BCUT2D eigenvalue weighted by molar-refractivity contribution is -0.137. The van der Waals surface area contributed by atoms with Crippen LogP contribution in [-0.4, -0.2) is 0 Å². The van der Waals surface area contributed by atoms with Crippen molar-refractivity contribution in [1.29, 1.82) is 0 Å². The van der Waals surface area contributed by atoms with E-state index in [0.29, 0.717) is 17.9 Å². The zero-order valence-electron chi connectivity index (χ0n) is 8.27. The summed E-state index contributed by atoms with van der Waals surface area (Å²) in [5.41, 5.74) is -0.683. The number of alkyl halides is 3. The number of allylic oxidation sites excluding steroid dienone is 1. The predicted octanol–water partition coefficient (Wildman–Crippen LogP) is 4.01. The van der Waals surface area contributed by atoms with E-state index in [0.717, 1.165) is 12.1 Å². The van der Waals surface area contributed by atoms with Crippen LogP contribution in [0.15, 0.2) is 36.6 Å². The van der Waals surface area contributed by atoms with Crippen LogP contribution in [-0.2, 0) is 6.18 Å². The Morgan fingerprint density at radius 2 is 1.80 bits per heavy atom. The second-order valence-electron chi connectivity index (χ2n) is 3.02. The zero-order valence-corrected chi connectivity index (χ0v) is 8.27. The highest BCUT2D eigenvalue weighted by Crippen LogP contribution is 2.30. The highest BCUT2D eigenvalue weighted by molar-refractivity contribution is 5.29. The Kier molecular flexibility index (Phi) is 3.39. The summed E-state index contributed by atoms with van der Waals surface area (Å²) in [7, 11) is 0. The maximum absolute atomic E-state index is 12.2. The first-order valence-electron chi connectivity index (χ1n) is 4.46. The molecule has 0 unspecified atom stereocenters. The van der Waals surface area contributed by atoms with E-state index < -0.39 is 11.7 Å². The van der Waals surface area contributed by atoms with Gasteiger partial charge in [0.1, 0.15) is 5.75 Å². The summed E-state index contributed by atoms with van der Waals surface area (Å²) < 4.78 is 41.7. The van der Waals surface area contributed by atoms with Crippen molar-refractivity contribution in [1.82, 2.24) is 0 Å². The molecule has 1 aromatic rings. The third-order valence-corrected chi connectivity index (χ3v) is 1.84. The highest BCUT2D eigenvalue weighted by Gasteiger charge is 2.29. The molecule has 0 bridgehead atoms. The molecule has 82 valence electrons. The Morgan fingerprint density at radius 1 is 1.27 bits per heavy atom. The van der Waals surface area contributed by atoms with E-state index >= 15 is 0 Å². The summed E-state index contributed by atoms with van der Waals surface area (Å²) in [6.07, 6.45) is -3.68.